The van der Waals surface area contributed by atoms with E-state index in [0.29, 0.717) is 15.7 Å². The van der Waals surface area contributed by atoms with Crippen LogP contribution in [-0.2, 0) is 4.79 Å². The first-order valence-electron chi connectivity index (χ1n) is 5.32. The van der Waals surface area contributed by atoms with Crippen LogP contribution in [-0.4, -0.2) is 21.9 Å². The van der Waals surface area contributed by atoms with E-state index in [9.17, 15) is 9.18 Å². The molecule has 4 nitrogen and oxygen atoms in total. The number of benzene rings is 1. The van der Waals surface area contributed by atoms with Gasteiger partial charge in [0.05, 0.1) is 5.75 Å². The molecular formula is C11H7ClFN3OS2. The van der Waals surface area contributed by atoms with Crippen molar-refractivity contribution in [1.29, 1.82) is 0 Å². The summed E-state index contributed by atoms with van der Waals surface area (Å²) in [6.07, 6.45) is 0. The lowest BCUT2D eigenvalue weighted by molar-refractivity contribution is -0.115. The Balaban J connectivity index is 2.07. The number of rotatable bonds is 2. The van der Waals surface area contributed by atoms with Gasteiger partial charge in [-0.3, -0.25) is 9.69 Å². The molecular weight excluding hydrogens is 309 g/mol. The monoisotopic (exact) mass is 315 g/mol. The lowest BCUT2D eigenvalue weighted by Crippen LogP contribution is -2.28. The van der Waals surface area contributed by atoms with Crippen molar-refractivity contribution in [3.8, 4) is 0 Å². The van der Waals surface area contributed by atoms with Crippen LogP contribution < -0.4 is 4.90 Å². The zero-order chi connectivity index (χ0) is 13.4. The summed E-state index contributed by atoms with van der Waals surface area (Å²) in [7, 11) is 0. The third-order valence-electron chi connectivity index (χ3n) is 2.67. The van der Waals surface area contributed by atoms with Crippen molar-refractivity contribution in [2.45, 2.75) is 5.37 Å². The molecule has 2 heterocycles. The maximum absolute atomic E-state index is 14.0. The first-order valence-corrected chi connectivity index (χ1v) is 7.63. The van der Waals surface area contributed by atoms with E-state index in [0.717, 1.165) is 0 Å². The van der Waals surface area contributed by atoms with Crippen molar-refractivity contribution in [3.05, 3.63) is 40.1 Å². The van der Waals surface area contributed by atoms with Crippen molar-refractivity contribution < 1.29 is 9.18 Å². The largest absolute Gasteiger partial charge is 0.273 e. The lowest BCUT2D eigenvalue weighted by atomic mass is 10.2. The number of halogens is 2. The fraction of sp³-hybridized carbons (Fsp3) is 0.182. The smallest absolute Gasteiger partial charge is 0.240 e. The van der Waals surface area contributed by atoms with E-state index < -0.39 is 11.2 Å². The summed E-state index contributed by atoms with van der Waals surface area (Å²) in [6, 6.07) is 4.49. The number of hydrogen-bond acceptors (Lipinski definition) is 5. The maximum atomic E-state index is 14.0. The maximum Gasteiger partial charge on any atom is 0.240 e. The van der Waals surface area contributed by atoms with Crippen LogP contribution in [0.2, 0.25) is 5.02 Å². The van der Waals surface area contributed by atoms with E-state index in [1.807, 2.05) is 0 Å². The average Bonchev–Trinajstić information content (AvgIpc) is 2.99. The minimum Gasteiger partial charge on any atom is -0.273 e. The van der Waals surface area contributed by atoms with Gasteiger partial charge >= 0.3 is 0 Å². The Morgan fingerprint density at radius 1 is 1.47 bits per heavy atom. The number of hydrogen-bond donors (Lipinski definition) is 0. The van der Waals surface area contributed by atoms with Gasteiger partial charge in [0, 0.05) is 10.6 Å². The third-order valence-corrected chi connectivity index (χ3v) is 4.86. The molecule has 0 unspecified atom stereocenters. The Hall–Kier alpha value is -1.18. The van der Waals surface area contributed by atoms with Gasteiger partial charge in [-0.15, -0.1) is 22.0 Å². The van der Waals surface area contributed by atoms with Crippen LogP contribution >= 0.6 is 34.7 Å². The van der Waals surface area contributed by atoms with Gasteiger partial charge in [0.15, 0.2) is 0 Å². The summed E-state index contributed by atoms with van der Waals surface area (Å²) in [5, 5.41) is 7.86. The van der Waals surface area contributed by atoms with Gasteiger partial charge < -0.3 is 0 Å². The zero-order valence-corrected chi connectivity index (χ0v) is 11.8. The van der Waals surface area contributed by atoms with E-state index in [2.05, 4.69) is 10.2 Å². The number of carbonyl (C=O) groups excluding carboxylic acids is 1. The topological polar surface area (TPSA) is 46.1 Å². The van der Waals surface area contributed by atoms with Crippen molar-refractivity contribution in [2.24, 2.45) is 0 Å². The number of anilines is 1. The van der Waals surface area contributed by atoms with Crippen LogP contribution in [0.5, 0.6) is 0 Å². The van der Waals surface area contributed by atoms with Crippen LogP contribution in [0.15, 0.2) is 23.7 Å². The quantitative estimate of drug-likeness (QED) is 0.854. The van der Waals surface area contributed by atoms with Gasteiger partial charge in [0.1, 0.15) is 16.7 Å². The Morgan fingerprint density at radius 2 is 2.32 bits per heavy atom. The van der Waals surface area contributed by atoms with Crippen LogP contribution in [0.3, 0.4) is 0 Å². The first kappa shape index (κ1) is 12.8. The second-order valence-electron chi connectivity index (χ2n) is 3.78. The number of aromatic nitrogens is 2. The molecule has 1 saturated heterocycles. The second kappa shape index (κ2) is 5.07. The molecule has 1 atom stereocenters. The molecule has 1 aliphatic heterocycles. The van der Waals surface area contributed by atoms with Crippen molar-refractivity contribution >= 4 is 45.7 Å². The Labute approximate surface area is 121 Å². The molecule has 0 radical (unpaired) electrons. The minimum atomic E-state index is -0.492. The summed E-state index contributed by atoms with van der Waals surface area (Å²) < 4.78 is 14.0. The molecule has 19 heavy (non-hydrogen) atoms. The Morgan fingerprint density at radius 3 is 3.00 bits per heavy atom. The highest BCUT2D eigenvalue weighted by atomic mass is 35.5. The zero-order valence-electron chi connectivity index (χ0n) is 9.42. The number of nitrogens with zero attached hydrogens (tertiary/aromatic N) is 3. The fourth-order valence-electron chi connectivity index (χ4n) is 1.86. The fourth-order valence-corrected chi connectivity index (χ4v) is 4.08. The molecule has 0 spiro atoms. The van der Waals surface area contributed by atoms with E-state index in [4.69, 9.17) is 11.6 Å². The summed E-state index contributed by atoms with van der Waals surface area (Å²) in [6.45, 7) is 0. The predicted molar refractivity (Wildman–Crippen MR) is 74.0 cm³/mol. The number of amides is 1. The molecule has 0 N–H and O–H groups in total. The molecule has 1 aliphatic rings. The lowest BCUT2D eigenvalue weighted by Gasteiger charge is -2.22. The standard InChI is InChI=1S/C11H7ClFN3OS2/c12-6-2-1-3-7(13)9(6)10-16(8(17)4-18-10)11-15-14-5-19-11/h1-3,5,10H,4H2/t10-/m1/s1. The summed E-state index contributed by atoms with van der Waals surface area (Å²) in [4.78, 5) is 13.4. The summed E-state index contributed by atoms with van der Waals surface area (Å²) in [5.74, 6) is -0.269. The van der Waals surface area contributed by atoms with Gasteiger partial charge in [0.2, 0.25) is 11.0 Å². The highest BCUT2D eigenvalue weighted by Gasteiger charge is 2.38. The van der Waals surface area contributed by atoms with Crippen LogP contribution in [0.25, 0.3) is 0 Å². The molecule has 8 heteroatoms. The van der Waals surface area contributed by atoms with Gasteiger partial charge in [-0.2, -0.15) is 0 Å². The van der Waals surface area contributed by atoms with E-state index in [1.54, 1.807) is 6.07 Å². The molecule has 2 aromatic rings. The molecule has 1 amide bonds. The molecule has 1 fully saturated rings. The highest BCUT2D eigenvalue weighted by molar-refractivity contribution is 8.00. The van der Waals surface area contributed by atoms with Crippen LogP contribution in [0.1, 0.15) is 10.9 Å². The van der Waals surface area contributed by atoms with Gasteiger partial charge in [0.25, 0.3) is 0 Å². The molecule has 0 saturated carbocycles. The molecule has 3 rings (SSSR count). The third kappa shape index (κ3) is 2.22. The minimum absolute atomic E-state index is 0.119. The van der Waals surface area contributed by atoms with Crippen LogP contribution in [0.4, 0.5) is 9.52 Å². The summed E-state index contributed by atoms with van der Waals surface area (Å²) in [5.41, 5.74) is 1.85. The first-order chi connectivity index (χ1) is 9.18. The normalized spacial score (nSPS) is 19.2. The molecule has 1 aromatic heterocycles. The molecule has 0 bridgehead atoms. The van der Waals surface area contributed by atoms with Gasteiger partial charge in [-0.25, -0.2) is 4.39 Å². The molecule has 98 valence electrons. The van der Waals surface area contributed by atoms with Gasteiger partial charge in [-0.1, -0.05) is 29.0 Å². The van der Waals surface area contributed by atoms with E-state index in [1.165, 1.54) is 45.6 Å². The number of carbonyl (C=O) groups is 1. The Kier molecular flexibility index (Phi) is 3.42. The molecule has 1 aromatic carbocycles. The van der Waals surface area contributed by atoms with E-state index >= 15 is 0 Å². The van der Waals surface area contributed by atoms with E-state index in [-0.39, 0.29) is 11.7 Å². The number of thioether (sulfide) groups is 1. The van der Waals surface area contributed by atoms with Crippen molar-refractivity contribution in [1.82, 2.24) is 10.2 Å². The Bertz CT molecular complexity index is 602. The SMILES string of the molecule is O=C1CS[C@H](c2c(F)cccc2Cl)N1c1nncs1. The van der Waals surface area contributed by atoms with Crippen LogP contribution in [0, 0.1) is 5.82 Å². The highest BCUT2D eigenvalue weighted by Crippen LogP contribution is 2.45. The predicted octanol–water partition coefficient (Wildman–Crippen LogP) is 3.11. The molecule has 0 aliphatic carbocycles. The van der Waals surface area contributed by atoms with Crippen molar-refractivity contribution in [3.63, 3.8) is 0 Å². The second-order valence-corrected chi connectivity index (χ2v) is 6.07. The van der Waals surface area contributed by atoms with Crippen molar-refractivity contribution in [2.75, 3.05) is 10.7 Å². The average molecular weight is 316 g/mol. The summed E-state index contributed by atoms with van der Waals surface area (Å²) >= 11 is 8.63. The van der Waals surface area contributed by atoms with Gasteiger partial charge in [-0.05, 0) is 12.1 Å².